The molecule has 1 fully saturated rings. The Morgan fingerprint density at radius 1 is 1.09 bits per heavy atom. The van der Waals surface area contributed by atoms with Gasteiger partial charge < -0.3 is 5.32 Å². The van der Waals surface area contributed by atoms with Crippen LogP contribution in [0, 0.1) is 0 Å². The molecular formula is C17H25N3O2. The van der Waals surface area contributed by atoms with Crippen LogP contribution in [-0.2, 0) is 4.79 Å². The fourth-order valence-corrected chi connectivity index (χ4v) is 2.80. The van der Waals surface area contributed by atoms with E-state index in [9.17, 15) is 9.59 Å². The molecule has 0 unspecified atom stereocenters. The molecule has 3 N–H and O–H groups in total. The largest absolute Gasteiger partial charge is 0.335 e. The Labute approximate surface area is 131 Å². The highest BCUT2D eigenvalue weighted by atomic mass is 16.2. The third-order valence-corrected chi connectivity index (χ3v) is 4.12. The summed E-state index contributed by atoms with van der Waals surface area (Å²) >= 11 is 0. The van der Waals surface area contributed by atoms with Gasteiger partial charge in [-0.2, -0.15) is 0 Å². The topological polar surface area (TPSA) is 70.2 Å². The lowest BCUT2D eigenvalue weighted by Gasteiger charge is -2.20. The van der Waals surface area contributed by atoms with Crippen molar-refractivity contribution >= 4 is 11.9 Å². The van der Waals surface area contributed by atoms with Gasteiger partial charge in [0.2, 0.25) is 5.91 Å². The molecule has 0 aliphatic heterocycles. The molecule has 0 bridgehead atoms. The number of carbonyl (C=O) groups excluding carboxylic acids is 2. The van der Waals surface area contributed by atoms with E-state index in [1.54, 1.807) is 6.92 Å². The van der Waals surface area contributed by atoms with Crippen molar-refractivity contribution in [2.75, 3.05) is 0 Å². The monoisotopic (exact) mass is 303 g/mol. The standard InChI is InChI=1S/C17H25N3O2/c1-12(14-8-4-3-5-9-14)18-13(2)16(21)20-17(22)19-15-10-6-7-11-15/h3-5,8-9,12-13,15,18H,6-7,10-11H2,1-2H3,(H2,19,20,21,22)/t12-,13+/m0/s1. The number of hydrogen-bond donors (Lipinski definition) is 3. The summed E-state index contributed by atoms with van der Waals surface area (Å²) in [5.41, 5.74) is 1.11. The van der Waals surface area contributed by atoms with E-state index < -0.39 is 12.1 Å². The van der Waals surface area contributed by atoms with Crippen molar-refractivity contribution in [1.82, 2.24) is 16.0 Å². The first-order chi connectivity index (χ1) is 10.6. The van der Waals surface area contributed by atoms with Gasteiger partial charge in [-0.3, -0.25) is 15.4 Å². The first kappa shape index (κ1) is 16.5. The number of nitrogens with one attached hydrogen (secondary N) is 3. The van der Waals surface area contributed by atoms with Gasteiger partial charge in [0.1, 0.15) is 0 Å². The quantitative estimate of drug-likeness (QED) is 0.782. The van der Waals surface area contributed by atoms with Crippen LogP contribution in [0.3, 0.4) is 0 Å². The van der Waals surface area contributed by atoms with Gasteiger partial charge in [0, 0.05) is 12.1 Å². The Balaban J connectivity index is 1.77. The molecule has 0 spiro atoms. The minimum absolute atomic E-state index is 0.0415. The van der Waals surface area contributed by atoms with Crippen molar-refractivity contribution in [2.24, 2.45) is 0 Å². The molecule has 1 aliphatic carbocycles. The van der Waals surface area contributed by atoms with Crippen LogP contribution in [0.5, 0.6) is 0 Å². The van der Waals surface area contributed by atoms with Crippen LogP contribution >= 0.6 is 0 Å². The van der Waals surface area contributed by atoms with Crippen LogP contribution in [0.1, 0.15) is 51.1 Å². The van der Waals surface area contributed by atoms with Crippen molar-refractivity contribution in [1.29, 1.82) is 0 Å². The predicted octanol–water partition coefficient (Wildman–Crippen LogP) is 2.49. The summed E-state index contributed by atoms with van der Waals surface area (Å²) in [6.07, 6.45) is 4.29. The zero-order valence-corrected chi connectivity index (χ0v) is 13.3. The smallest absolute Gasteiger partial charge is 0.321 e. The van der Waals surface area contributed by atoms with Gasteiger partial charge in [-0.15, -0.1) is 0 Å². The van der Waals surface area contributed by atoms with Crippen molar-refractivity contribution < 1.29 is 9.59 Å². The molecule has 2 atom stereocenters. The van der Waals surface area contributed by atoms with Gasteiger partial charge in [0.15, 0.2) is 0 Å². The lowest BCUT2D eigenvalue weighted by Crippen LogP contribution is -2.50. The Kier molecular flexibility index (Phi) is 5.95. The normalized spacial score (nSPS) is 17.7. The number of amides is 3. The van der Waals surface area contributed by atoms with Gasteiger partial charge in [-0.25, -0.2) is 4.79 Å². The second-order valence-corrected chi connectivity index (χ2v) is 5.96. The molecule has 0 radical (unpaired) electrons. The van der Waals surface area contributed by atoms with Crippen LogP contribution in [0.4, 0.5) is 4.79 Å². The minimum Gasteiger partial charge on any atom is -0.335 e. The Morgan fingerprint density at radius 2 is 1.73 bits per heavy atom. The van der Waals surface area contributed by atoms with Gasteiger partial charge in [0.25, 0.3) is 0 Å². The Morgan fingerprint density at radius 3 is 2.36 bits per heavy atom. The average molecular weight is 303 g/mol. The van der Waals surface area contributed by atoms with Crippen molar-refractivity contribution in [3.05, 3.63) is 35.9 Å². The summed E-state index contributed by atoms with van der Waals surface area (Å²) in [6.45, 7) is 3.76. The summed E-state index contributed by atoms with van der Waals surface area (Å²) in [6, 6.07) is 9.33. The highest BCUT2D eigenvalue weighted by Crippen LogP contribution is 2.17. The molecule has 2 rings (SSSR count). The van der Waals surface area contributed by atoms with Crippen LogP contribution in [0.2, 0.25) is 0 Å². The zero-order valence-electron chi connectivity index (χ0n) is 13.3. The fourth-order valence-electron chi connectivity index (χ4n) is 2.80. The molecular weight excluding hydrogens is 278 g/mol. The summed E-state index contributed by atoms with van der Waals surface area (Å²) in [5, 5.41) is 8.47. The highest BCUT2D eigenvalue weighted by molar-refractivity contribution is 5.96. The summed E-state index contributed by atoms with van der Waals surface area (Å²) in [7, 11) is 0. The highest BCUT2D eigenvalue weighted by Gasteiger charge is 2.21. The Bertz CT molecular complexity index is 498. The van der Waals surface area contributed by atoms with E-state index in [1.165, 1.54) is 0 Å². The summed E-state index contributed by atoms with van der Waals surface area (Å²) in [5.74, 6) is -0.307. The number of carbonyl (C=O) groups is 2. The van der Waals surface area contributed by atoms with Gasteiger partial charge in [0.05, 0.1) is 6.04 Å². The molecule has 22 heavy (non-hydrogen) atoms. The number of rotatable bonds is 5. The number of hydrogen-bond acceptors (Lipinski definition) is 3. The van der Waals surface area contributed by atoms with E-state index >= 15 is 0 Å². The van der Waals surface area contributed by atoms with Crippen LogP contribution < -0.4 is 16.0 Å². The van der Waals surface area contributed by atoms with Gasteiger partial charge in [-0.05, 0) is 32.3 Å². The molecule has 1 aliphatic rings. The molecule has 5 nitrogen and oxygen atoms in total. The molecule has 1 saturated carbocycles. The number of urea groups is 1. The van der Waals surface area contributed by atoms with Crippen molar-refractivity contribution in [2.45, 2.75) is 57.7 Å². The maximum absolute atomic E-state index is 12.1. The first-order valence-electron chi connectivity index (χ1n) is 7.98. The van der Waals surface area contributed by atoms with E-state index in [4.69, 9.17) is 0 Å². The van der Waals surface area contributed by atoms with Crippen LogP contribution in [0.25, 0.3) is 0 Å². The third kappa shape index (κ3) is 4.84. The van der Waals surface area contributed by atoms with E-state index in [0.717, 1.165) is 31.2 Å². The molecule has 1 aromatic carbocycles. The summed E-state index contributed by atoms with van der Waals surface area (Å²) in [4.78, 5) is 23.9. The van der Waals surface area contributed by atoms with Crippen molar-refractivity contribution in [3.8, 4) is 0 Å². The van der Waals surface area contributed by atoms with Gasteiger partial charge in [-0.1, -0.05) is 43.2 Å². The van der Waals surface area contributed by atoms with E-state index in [-0.39, 0.29) is 18.0 Å². The molecule has 1 aromatic rings. The lowest BCUT2D eigenvalue weighted by atomic mass is 10.1. The van der Waals surface area contributed by atoms with Crippen molar-refractivity contribution in [3.63, 3.8) is 0 Å². The molecule has 0 saturated heterocycles. The molecule has 120 valence electrons. The van der Waals surface area contributed by atoms with E-state index in [0.29, 0.717) is 0 Å². The molecule has 5 heteroatoms. The van der Waals surface area contributed by atoms with Gasteiger partial charge >= 0.3 is 6.03 Å². The SMILES string of the molecule is C[C@H](N[C@H](C)C(=O)NC(=O)NC1CCCC1)c1ccccc1. The first-order valence-corrected chi connectivity index (χ1v) is 7.98. The second kappa shape index (κ2) is 7.94. The zero-order chi connectivity index (χ0) is 15.9. The molecule has 3 amide bonds. The average Bonchev–Trinajstić information content (AvgIpc) is 3.00. The van der Waals surface area contributed by atoms with E-state index in [2.05, 4.69) is 16.0 Å². The Hall–Kier alpha value is -1.88. The van der Waals surface area contributed by atoms with Crippen LogP contribution in [-0.4, -0.2) is 24.0 Å². The maximum Gasteiger partial charge on any atom is 0.321 e. The van der Waals surface area contributed by atoms with E-state index in [1.807, 2.05) is 37.3 Å². The number of benzene rings is 1. The predicted molar refractivity (Wildman–Crippen MR) is 86.4 cm³/mol. The number of imide groups is 1. The summed E-state index contributed by atoms with van der Waals surface area (Å²) < 4.78 is 0. The maximum atomic E-state index is 12.1. The lowest BCUT2D eigenvalue weighted by molar-refractivity contribution is -0.121. The van der Waals surface area contributed by atoms with Crippen LogP contribution in [0.15, 0.2) is 30.3 Å². The molecule has 0 aromatic heterocycles. The fraction of sp³-hybridized carbons (Fsp3) is 0.529. The third-order valence-electron chi connectivity index (χ3n) is 4.12. The molecule has 0 heterocycles. The minimum atomic E-state index is -0.440. The second-order valence-electron chi connectivity index (χ2n) is 5.96.